The molecule has 0 spiro atoms. The molecule has 0 bridgehead atoms. The number of carbonyl (C=O) groups excluding carboxylic acids is 2. The fourth-order valence-corrected chi connectivity index (χ4v) is 2.42. The number of aromatic nitrogens is 2. The van der Waals surface area contributed by atoms with E-state index in [1.165, 1.54) is 9.80 Å². The Morgan fingerprint density at radius 2 is 1.33 bits per heavy atom. The zero-order valence-corrected chi connectivity index (χ0v) is 11.7. The van der Waals surface area contributed by atoms with E-state index in [4.69, 9.17) is 12.2 Å². The topological polar surface area (TPSA) is 66.4 Å². The van der Waals surface area contributed by atoms with Crippen LogP contribution in [0.2, 0.25) is 0 Å². The number of hydrogen-bond donors (Lipinski definition) is 0. The third-order valence-corrected chi connectivity index (χ3v) is 3.31. The first kappa shape index (κ1) is 13.3. The lowest BCUT2D eigenvalue weighted by molar-refractivity contribution is -0.126. The van der Waals surface area contributed by atoms with Gasteiger partial charge < -0.3 is 0 Å². The maximum atomic E-state index is 12.1. The highest BCUT2D eigenvalue weighted by molar-refractivity contribution is 7.81. The molecule has 7 heteroatoms. The van der Waals surface area contributed by atoms with E-state index in [0.29, 0.717) is 11.6 Å². The average Bonchev–Trinajstić information content (AvgIpc) is 2.49. The summed E-state index contributed by atoms with van der Waals surface area (Å²) in [5.41, 5.74) is 0. The Bertz CT molecular complexity index is 646. The van der Waals surface area contributed by atoms with E-state index in [0.717, 1.165) is 0 Å². The van der Waals surface area contributed by atoms with Gasteiger partial charge in [0, 0.05) is 12.4 Å². The zero-order valence-electron chi connectivity index (χ0n) is 10.8. The molecular formula is C14H10N4O2S. The van der Waals surface area contributed by atoms with Crippen LogP contribution in [0.5, 0.6) is 0 Å². The van der Waals surface area contributed by atoms with Crippen LogP contribution in [0.15, 0.2) is 48.8 Å². The van der Waals surface area contributed by atoms with Crippen molar-refractivity contribution >= 4 is 40.8 Å². The van der Waals surface area contributed by atoms with Crippen molar-refractivity contribution in [2.24, 2.45) is 0 Å². The molecule has 0 aromatic carbocycles. The molecule has 3 heterocycles. The largest absolute Gasteiger partial charge is 0.273 e. The van der Waals surface area contributed by atoms with Crippen molar-refractivity contribution in [2.45, 2.75) is 6.42 Å². The molecule has 1 aliphatic rings. The van der Waals surface area contributed by atoms with Crippen molar-refractivity contribution in [3.63, 3.8) is 0 Å². The molecule has 104 valence electrons. The van der Waals surface area contributed by atoms with Gasteiger partial charge in [-0.05, 0) is 36.5 Å². The summed E-state index contributed by atoms with van der Waals surface area (Å²) in [6, 6.07) is 10.3. The molecule has 0 radical (unpaired) electrons. The number of pyridine rings is 2. The van der Waals surface area contributed by atoms with Gasteiger partial charge in [0.2, 0.25) is 11.8 Å². The summed E-state index contributed by atoms with van der Waals surface area (Å²) in [6.07, 6.45) is 2.85. The minimum atomic E-state index is -0.393. The molecule has 1 fully saturated rings. The first-order chi connectivity index (χ1) is 10.2. The lowest BCUT2D eigenvalue weighted by Crippen LogP contribution is -2.56. The molecule has 1 saturated heterocycles. The highest BCUT2D eigenvalue weighted by Crippen LogP contribution is 2.23. The fourth-order valence-electron chi connectivity index (χ4n) is 2.02. The van der Waals surface area contributed by atoms with Crippen molar-refractivity contribution in [3.8, 4) is 0 Å². The highest BCUT2D eigenvalue weighted by atomic mass is 32.1. The summed E-state index contributed by atoms with van der Waals surface area (Å²) < 4.78 is 0. The highest BCUT2D eigenvalue weighted by Gasteiger charge is 2.37. The van der Waals surface area contributed by atoms with Crippen LogP contribution in [0.3, 0.4) is 0 Å². The lowest BCUT2D eigenvalue weighted by atomic mass is 10.2. The number of rotatable bonds is 2. The van der Waals surface area contributed by atoms with Gasteiger partial charge in [0.05, 0.1) is 0 Å². The number of nitrogens with zero attached hydrogens (tertiary/aromatic N) is 4. The van der Waals surface area contributed by atoms with Crippen LogP contribution in [0, 0.1) is 0 Å². The van der Waals surface area contributed by atoms with Gasteiger partial charge in [0.25, 0.3) is 0 Å². The van der Waals surface area contributed by atoms with E-state index >= 15 is 0 Å². The quantitative estimate of drug-likeness (QED) is 0.621. The van der Waals surface area contributed by atoms with Crippen molar-refractivity contribution in [2.75, 3.05) is 9.80 Å². The van der Waals surface area contributed by atoms with E-state index < -0.39 is 11.8 Å². The number of thiocarbonyl (C=S) groups is 1. The van der Waals surface area contributed by atoms with Crippen LogP contribution in [0.4, 0.5) is 11.6 Å². The molecule has 0 N–H and O–H groups in total. The third-order valence-electron chi connectivity index (χ3n) is 2.94. The predicted molar refractivity (Wildman–Crippen MR) is 80.7 cm³/mol. The van der Waals surface area contributed by atoms with E-state index in [1.807, 2.05) is 0 Å². The average molecular weight is 298 g/mol. The van der Waals surface area contributed by atoms with Gasteiger partial charge in [0.15, 0.2) is 5.11 Å². The molecule has 3 rings (SSSR count). The van der Waals surface area contributed by atoms with E-state index in [-0.39, 0.29) is 11.5 Å². The molecule has 1 aliphatic heterocycles. The van der Waals surface area contributed by atoms with Crippen LogP contribution in [-0.4, -0.2) is 26.9 Å². The maximum Gasteiger partial charge on any atom is 0.244 e. The van der Waals surface area contributed by atoms with Gasteiger partial charge in [-0.1, -0.05) is 12.1 Å². The summed E-state index contributed by atoms with van der Waals surface area (Å²) >= 11 is 5.30. The Kier molecular flexibility index (Phi) is 3.41. The molecule has 6 nitrogen and oxygen atoms in total. The second-order valence-electron chi connectivity index (χ2n) is 4.29. The zero-order chi connectivity index (χ0) is 14.8. The summed E-state index contributed by atoms with van der Waals surface area (Å²) in [7, 11) is 0. The predicted octanol–water partition coefficient (Wildman–Crippen LogP) is 1.53. The second-order valence-corrected chi connectivity index (χ2v) is 4.66. The molecule has 2 aromatic heterocycles. The van der Waals surface area contributed by atoms with Gasteiger partial charge in [0.1, 0.15) is 18.1 Å². The third kappa shape index (κ3) is 2.38. The van der Waals surface area contributed by atoms with Crippen molar-refractivity contribution in [1.82, 2.24) is 9.97 Å². The Balaban J connectivity index is 2.02. The molecular weight excluding hydrogens is 288 g/mol. The minimum absolute atomic E-state index is 0.0636. The summed E-state index contributed by atoms with van der Waals surface area (Å²) in [6.45, 7) is 0. The molecule has 2 amide bonds. The van der Waals surface area contributed by atoms with Crippen LogP contribution >= 0.6 is 12.2 Å². The Labute approximate surface area is 126 Å². The minimum Gasteiger partial charge on any atom is -0.273 e. The van der Waals surface area contributed by atoms with E-state index in [9.17, 15) is 9.59 Å². The molecule has 21 heavy (non-hydrogen) atoms. The van der Waals surface area contributed by atoms with Crippen molar-refractivity contribution < 1.29 is 9.59 Å². The Hall–Kier alpha value is -2.67. The molecule has 0 aliphatic carbocycles. The van der Waals surface area contributed by atoms with Gasteiger partial charge >= 0.3 is 0 Å². The van der Waals surface area contributed by atoms with Crippen LogP contribution < -0.4 is 9.80 Å². The van der Waals surface area contributed by atoms with Crippen molar-refractivity contribution in [1.29, 1.82) is 0 Å². The van der Waals surface area contributed by atoms with Crippen LogP contribution in [-0.2, 0) is 9.59 Å². The SMILES string of the molecule is O=C1CC(=O)N(c2ccccn2)C(=S)N1c1ccccn1. The number of anilines is 2. The summed E-state index contributed by atoms with van der Waals surface area (Å²) in [4.78, 5) is 35.0. The Morgan fingerprint density at radius 1 is 0.857 bits per heavy atom. The molecule has 2 aromatic rings. The maximum absolute atomic E-state index is 12.1. The van der Waals surface area contributed by atoms with Crippen molar-refractivity contribution in [3.05, 3.63) is 48.8 Å². The van der Waals surface area contributed by atoms with Gasteiger partial charge in [-0.15, -0.1) is 0 Å². The first-order valence-electron chi connectivity index (χ1n) is 6.20. The number of carbonyl (C=O) groups is 2. The fraction of sp³-hybridized carbons (Fsp3) is 0.0714. The number of hydrogen-bond acceptors (Lipinski definition) is 5. The molecule has 0 atom stereocenters. The molecule has 0 unspecified atom stereocenters. The lowest BCUT2D eigenvalue weighted by Gasteiger charge is -2.33. The van der Waals surface area contributed by atoms with Gasteiger partial charge in [-0.25, -0.2) is 19.8 Å². The normalized spacial score (nSPS) is 15.5. The van der Waals surface area contributed by atoms with Gasteiger partial charge in [-0.2, -0.15) is 0 Å². The Morgan fingerprint density at radius 3 is 1.71 bits per heavy atom. The molecule has 0 saturated carbocycles. The van der Waals surface area contributed by atoms with E-state index in [2.05, 4.69) is 9.97 Å². The first-order valence-corrected chi connectivity index (χ1v) is 6.61. The van der Waals surface area contributed by atoms with Crippen LogP contribution in [0.1, 0.15) is 6.42 Å². The smallest absolute Gasteiger partial charge is 0.244 e. The van der Waals surface area contributed by atoms with Gasteiger partial charge in [-0.3, -0.25) is 9.59 Å². The van der Waals surface area contributed by atoms with E-state index in [1.54, 1.807) is 48.8 Å². The standard InChI is InChI=1S/C14H10N4O2S/c19-12-9-13(20)18(11-6-2-4-8-16-11)14(21)17(12)10-5-1-3-7-15-10/h1-8H,9H2. The second kappa shape index (κ2) is 5.37. The van der Waals surface area contributed by atoms with Crippen LogP contribution in [0.25, 0.3) is 0 Å². The number of amides is 2. The monoisotopic (exact) mass is 298 g/mol. The summed E-state index contributed by atoms with van der Waals surface area (Å²) in [5, 5.41) is 0.0636. The summed E-state index contributed by atoms with van der Waals surface area (Å²) in [5.74, 6) is -0.00590.